The molecular weight excluding hydrogens is 318 g/mol. The summed E-state index contributed by atoms with van der Waals surface area (Å²) in [5, 5.41) is 0. The number of hydrogen-bond acceptors (Lipinski definition) is 3. The van der Waals surface area contributed by atoms with E-state index in [1.54, 1.807) is 6.20 Å². The predicted octanol–water partition coefficient (Wildman–Crippen LogP) is 4.07. The summed E-state index contributed by atoms with van der Waals surface area (Å²) in [6, 6.07) is 9.89. The molecule has 1 N–H and O–H groups in total. The molecule has 24 heavy (non-hydrogen) atoms. The monoisotopic (exact) mass is 343 g/mol. The molecule has 1 aromatic carbocycles. The molecule has 1 saturated heterocycles. The highest BCUT2D eigenvalue weighted by Crippen LogP contribution is 2.37. The molecule has 0 bridgehead atoms. The average molecular weight is 343 g/mol. The van der Waals surface area contributed by atoms with Crippen LogP contribution in [-0.4, -0.2) is 44.9 Å². The van der Waals surface area contributed by atoms with E-state index in [1.807, 2.05) is 47.0 Å². The molecule has 0 aliphatic carbocycles. The van der Waals surface area contributed by atoms with Gasteiger partial charge in [0, 0.05) is 23.4 Å². The molecule has 2 heterocycles. The van der Waals surface area contributed by atoms with Crippen molar-refractivity contribution in [3.05, 3.63) is 42.2 Å². The normalized spacial score (nSPS) is 16.4. The van der Waals surface area contributed by atoms with E-state index in [9.17, 15) is 4.79 Å². The van der Waals surface area contributed by atoms with Gasteiger partial charge in [-0.3, -0.25) is 4.79 Å². The lowest BCUT2D eigenvalue weighted by Crippen LogP contribution is -2.43. The Morgan fingerprint density at radius 3 is 2.54 bits per heavy atom. The summed E-state index contributed by atoms with van der Waals surface area (Å²) in [5.41, 5.74) is 1.58. The number of aromatic nitrogens is 2. The highest BCUT2D eigenvalue weighted by Gasteiger charge is 2.33. The number of carbonyl (C=O) groups excluding carboxylic acids is 1. The third-order valence-electron chi connectivity index (χ3n) is 5.14. The van der Waals surface area contributed by atoms with Crippen molar-refractivity contribution in [1.82, 2.24) is 14.9 Å². The zero-order valence-electron chi connectivity index (χ0n) is 14.6. The van der Waals surface area contributed by atoms with Crippen LogP contribution in [0.2, 0.25) is 0 Å². The van der Waals surface area contributed by atoms with Crippen LogP contribution < -0.4 is 0 Å². The molecule has 5 heteroatoms. The van der Waals surface area contributed by atoms with Crippen molar-refractivity contribution in [2.24, 2.45) is 5.92 Å². The van der Waals surface area contributed by atoms with E-state index < -0.39 is 0 Å². The summed E-state index contributed by atoms with van der Waals surface area (Å²) in [6.45, 7) is 6.27. The van der Waals surface area contributed by atoms with E-state index in [0.717, 1.165) is 37.3 Å². The second-order valence-electron chi connectivity index (χ2n) is 6.89. The van der Waals surface area contributed by atoms with Crippen molar-refractivity contribution in [2.45, 2.75) is 31.4 Å². The number of imidazole rings is 1. The van der Waals surface area contributed by atoms with Gasteiger partial charge in [0.05, 0.1) is 6.20 Å². The van der Waals surface area contributed by atoms with Gasteiger partial charge in [0.15, 0.2) is 0 Å². The van der Waals surface area contributed by atoms with E-state index in [2.05, 4.69) is 30.1 Å². The van der Waals surface area contributed by atoms with Crippen LogP contribution in [0.1, 0.15) is 37.2 Å². The van der Waals surface area contributed by atoms with Crippen LogP contribution in [0, 0.1) is 5.92 Å². The van der Waals surface area contributed by atoms with Crippen LogP contribution in [0.4, 0.5) is 0 Å². The smallest absolute Gasteiger partial charge is 0.271 e. The summed E-state index contributed by atoms with van der Waals surface area (Å²) >= 11 is 1.92. The van der Waals surface area contributed by atoms with E-state index in [4.69, 9.17) is 0 Å². The molecule has 3 rings (SSSR count). The molecule has 0 atom stereocenters. The maximum atomic E-state index is 12.7. The maximum Gasteiger partial charge on any atom is 0.271 e. The zero-order chi connectivity index (χ0) is 17.2. The van der Waals surface area contributed by atoms with Gasteiger partial charge in [-0.25, -0.2) is 4.98 Å². The van der Waals surface area contributed by atoms with Crippen LogP contribution in [0.25, 0.3) is 11.4 Å². The topological polar surface area (TPSA) is 49.0 Å². The van der Waals surface area contributed by atoms with Gasteiger partial charge in [0.25, 0.3) is 5.91 Å². The molecule has 0 saturated carbocycles. The number of carbonyl (C=O) groups is 1. The molecule has 1 amide bonds. The SMILES string of the molecule is CSC(C)(C)C1CCN(C(=O)c2cnc(-c3ccccc3)[nH]2)CC1. The molecule has 1 fully saturated rings. The highest BCUT2D eigenvalue weighted by atomic mass is 32.2. The number of piperidine rings is 1. The summed E-state index contributed by atoms with van der Waals surface area (Å²) in [6.07, 6.45) is 5.97. The molecule has 0 unspecified atom stereocenters. The molecule has 1 aliphatic heterocycles. The molecule has 1 aromatic heterocycles. The number of hydrogen-bond donors (Lipinski definition) is 1. The highest BCUT2D eigenvalue weighted by molar-refractivity contribution is 7.99. The van der Waals surface area contributed by atoms with E-state index in [0.29, 0.717) is 11.6 Å². The summed E-state index contributed by atoms with van der Waals surface area (Å²) in [5.74, 6) is 1.47. The van der Waals surface area contributed by atoms with Gasteiger partial charge >= 0.3 is 0 Å². The van der Waals surface area contributed by atoms with Crippen molar-refractivity contribution in [3.8, 4) is 11.4 Å². The van der Waals surface area contributed by atoms with Crippen molar-refractivity contribution in [3.63, 3.8) is 0 Å². The van der Waals surface area contributed by atoms with Crippen LogP contribution >= 0.6 is 11.8 Å². The largest absolute Gasteiger partial charge is 0.337 e. The number of H-pyrrole nitrogens is 1. The molecule has 128 valence electrons. The summed E-state index contributed by atoms with van der Waals surface area (Å²) < 4.78 is 0.281. The minimum Gasteiger partial charge on any atom is -0.337 e. The Morgan fingerprint density at radius 2 is 1.92 bits per heavy atom. The quantitative estimate of drug-likeness (QED) is 0.910. The standard InChI is InChI=1S/C19H25N3OS/c1-19(2,24-3)15-9-11-22(12-10-15)18(23)16-13-20-17(21-16)14-7-5-4-6-8-14/h4-8,13,15H,9-12H2,1-3H3,(H,20,21). The lowest BCUT2D eigenvalue weighted by Gasteiger charge is -2.39. The molecule has 2 aromatic rings. The summed E-state index contributed by atoms with van der Waals surface area (Å²) in [4.78, 5) is 22.2. The van der Waals surface area contributed by atoms with Crippen LogP contribution in [0.5, 0.6) is 0 Å². The summed E-state index contributed by atoms with van der Waals surface area (Å²) in [7, 11) is 0. The average Bonchev–Trinajstić information content (AvgIpc) is 3.12. The van der Waals surface area contributed by atoms with Crippen molar-refractivity contribution in [2.75, 3.05) is 19.3 Å². The molecular formula is C19H25N3OS. The lowest BCUT2D eigenvalue weighted by molar-refractivity contribution is 0.0671. The van der Waals surface area contributed by atoms with Gasteiger partial charge in [-0.15, -0.1) is 0 Å². The van der Waals surface area contributed by atoms with Gasteiger partial charge in [-0.1, -0.05) is 44.2 Å². The van der Waals surface area contributed by atoms with Crippen molar-refractivity contribution in [1.29, 1.82) is 0 Å². The Morgan fingerprint density at radius 1 is 1.25 bits per heavy atom. The Hall–Kier alpha value is -1.75. The van der Waals surface area contributed by atoms with Crippen molar-refractivity contribution < 1.29 is 4.79 Å². The first-order valence-electron chi connectivity index (χ1n) is 8.46. The second-order valence-corrected chi connectivity index (χ2v) is 8.35. The number of thioether (sulfide) groups is 1. The van der Waals surface area contributed by atoms with Gasteiger partial charge in [-0.2, -0.15) is 11.8 Å². The minimum atomic E-state index is 0.0603. The number of nitrogens with zero attached hydrogens (tertiary/aromatic N) is 2. The second kappa shape index (κ2) is 7.01. The Labute approximate surface area is 148 Å². The fourth-order valence-electron chi connectivity index (χ4n) is 3.29. The van der Waals surface area contributed by atoms with Gasteiger partial charge < -0.3 is 9.88 Å². The van der Waals surface area contributed by atoms with Crippen LogP contribution in [0.15, 0.2) is 36.5 Å². The number of rotatable bonds is 4. The first-order chi connectivity index (χ1) is 11.5. The van der Waals surface area contributed by atoms with Crippen molar-refractivity contribution >= 4 is 17.7 Å². The number of likely N-dealkylation sites (tertiary alicyclic amines) is 1. The zero-order valence-corrected chi connectivity index (χ0v) is 15.4. The first-order valence-corrected chi connectivity index (χ1v) is 9.68. The molecule has 1 aliphatic rings. The van der Waals surface area contributed by atoms with Gasteiger partial charge in [0.2, 0.25) is 0 Å². The van der Waals surface area contributed by atoms with Gasteiger partial charge in [0.1, 0.15) is 11.5 Å². The minimum absolute atomic E-state index is 0.0603. The molecule has 0 radical (unpaired) electrons. The Balaban J connectivity index is 1.65. The predicted molar refractivity (Wildman–Crippen MR) is 100 cm³/mol. The third-order valence-corrected chi connectivity index (χ3v) is 6.53. The van der Waals surface area contributed by atoms with E-state index >= 15 is 0 Å². The molecule has 0 spiro atoms. The number of aromatic amines is 1. The number of amides is 1. The number of nitrogens with one attached hydrogen (secondary N) is 1. The number of benzene rings is 1. The van der Waals surface area contributed by atoms with Crippen LogP contribution in [0.3, 0.4) is 0 Å². The fraction of sp³-hybridized carbons (Fsp3) is 0.474. The van der Waals surface area contributed by atoms with E-state index in [1.165, 1.54) is 0 Å². The lowest BCUT2D eigenvalue weighted by atomic mass is 9.86. The molecule has 4 nitrogen and oxygen atoms in total. The van der Waals surface area contributed by atoms with Crippen LogP contribution in [-0.2, 0) is 0 Å². The first kappa shape index (κ1) is 17.1. The maximum absolute atomic E-state index is 12.7. The fourth-order valence-corrected chi connectivity index (χ4v) is 3.86. The van der Waals surface area contributed by atoms with E-state index in [-0.39, 0.29) is 10.7 Å². The Bertz CT molecular complexity index is 688. The Kier molecular flexibility index (Phi) is 4.99. The third kappa shape index (κ3) is 3.51. The van der Waals surface area contributed by atoms with Gasteiger partial charge in [-0.05, 0) is 25.0 Å².